The molecule has 3 rings (SSSR count). The van der Waals surface area contributed by atoms with Crippen molar-refractivity contribution < 1.29 is 19.0 Å². The van der Waals surface area contributed by atoms with Crippen LogP contribution in [0.3, 0.4) is 0 Å². The third-order valence-corrected chi connectivity index (χ3v) is 3.77. The lowest BCUT2D eigenvalue weighted by Gasteiger charge is -2.09. The maximum Gasteiger partial charge on any atom is 0.251 e. The smallest absolute Gasteiger partial charge is 0.251 e. The molecular formula is C18H19NO4. The van der Waals surface area contributed by atoms with Gasteiger partial charge in [-0.15, -0.1) is 0 Å². The summed E-state index contributed by atoms with van der Waals surface area (Å²) < 4.78 is 16.1. The Labute approximate surface area is 135 Å². The second-order valence-corrected chi connectivity index (χ2v) is 5.42. The minimum absolute atomic E-state index is 0.0950. The third-order valence-electron chi connectivity index (χ3n) is 3.77. The van der Waals surface area contributed by atoms with E-state index in [4.69, 9.17) is 14.2 Å². The first-order valence-corrected chi connectivity index (χ1v) is 7.51. The average molecular weight is 313 g/mol. The van der Waals surface area contributed by atoms with E-state index >= 15 is 0 Å². The van der Waals surface area contributed by atoms with Gasteiger partial charge in [-0.2, -0.15) is 0 Å². The number of nitrogens with one attached hydrogen (secondary N) is 1. The fourth-order valence-corrected chi connectivity index (χ4v) is 2.28. The molecule has 23 heavy (non-hydrogen) atoms. The van der Waals surface area contributed by atoms with Crippen LogP contribution < -0.4 is 19.5 Å². The Morgan fingerprint density at radius 3 is 2.74 bits per heavy atom. The van der Waals surface area contributed by atoms with Gasteiger partial charge in [0.2, 0.25) is 6.79 Å². The van der Waals surface area contributed by atoms with Gasteiger partial charge in [0.15, 0.2) is 11.5 Å². The average Bonchev–Trinajstić information content (AvgIpc) is 3.01. The fourth-order valence-electron chi connectivity index (χ4n) is 2.28. The highest BCUT2D eigenvalue weighted by Crippen LogP contribution is 2.34. The molecule has 2 aromatic carbocycles. The predicted octanol–water partition coefficient (Wildman–Crippen LogP) is 2.84. The maximum absolute atomic E-state index is 12.1. The highest BCUT2D eigenvalue weighted by atomic mass is 16.7. The van der Waals surface area contributed by atoms with Crippen LogP contribution in [0.25, 0.3) is 0 Å². The highest BCUT2D eigenvalue weighted by Gasteiger charge is 2.13. The van der Waals surface area contributed by atoms with Gasteiger partial charge in [0.25, 0.3) is 5.91 Å². The maximum atomic E-state index is 12.1. The van der Waals surface area contributed by atoms with E-state index in [2.05, 4.69) is 5.32 Å². The number of rotatable bonds is 5. The summed E-state index contributed by atoms with van der Waals surface area (Å²) in [5.74, 6) is 2.00. The van der Waals surface area contributed by atoms with Gasteiger partial charge in [-0.1, -0.05) is 6.07 Å². The third kappa shape index (κ3) is 3.56. The van der Waals surface area contributed by atoms with E-state index in [1.807, 2.05) is 44.2 Å². The molecule has 0 saturated heterocycles. The van der Waals surface area contributed by atoms with E-state index in [1.54, 1.807) is 6.07 Å². The molecule has 0 unspecified atom stereocenters. The van der Waals surface area contributed by atoms with Crippen molar-refractivity contribution in [2.75, 3.05) is 19.9 Å². The largest absolute Gasteiger partial charge is 0.492 e. The number of ether oxygens (including phenoxy) is 3. The van der Waals surface area contributed by atoms with Gasteiger partial charge in [0.05, 0.1) is 6.54 Å². The molecular weight excluding hydrogens is 294 g/mol. The zero-order chi connectivity index (χ0) is 16.2. The number of amides is 1. The molecule has 120 valence electrons. The fraction of sp³-hybridized carbons (Fsp3) is 0.278. The topological polar surface area (TPSA) is 56.8 Å². The van der Waals surface area contributed by atoms with Crippen molar-refractivity contribution in [3.8, 4) is 17.2 Å². The molecule has 0 saturated carbocycles. The Balaban J connectivity index is 1.47. The molecule has 1 aliphatic heterocycles. The van der Waals surface area contributed by atoms with E-state index in [1.165, 1.54) is 5.56 Å². The number of hydrogen-bond donors (Lipinski definition) is 1. The van der Waals surface area contributed by atoms with Gasteiger partial charge in [0, 0.05) is 11.6 Å². The molecule has 0 spiro atoms. The van der Waals surface area contributed by atoms with E-state index in [0.29, 0.717) is 30.2 Å². The normalized spacial score (nSPS) is 12.1. The number of aryl methyl sites for hydroxylation is 2. The Kier molecular flexibility index (Phi) is 4.37. The quantitative estimate of drug-likeness (QED) is 0.862. The lowest BCUT2D eigenvalue weighted by molar-refractivity contribution is 0.0947. The summed E-state index contributed by atoms with van der Waals surface area (Å²) in [4.78, 5) is 12.1. The van der Waals surface area contributed by atoms with Crippen LogP contribution in [0.4, 0.5) is 0 Å². The van der Waals surface area contributed by atoms with Crippen LogP contribution >= 0.6 is 0 Å². The van der Waals surface area contributed by atoms with Crippen LogP contribution in [0.2, 0.25) is 0 Å². The van der Waals surface area contributed by atoms with Crippen molar-refractivity contribution in [2.45, 2.75) is 13.8 Å². The SMILES string of the molecule is Cc1ccc(C(=O)NCCOc2ccc3c(c2)OCO3)cc1C. The first-order chi connectivity index (χ1) is 11.1. The van der Waals surface area contributed by atoms with Gasteiger partial charge in [-0.3, -0.25) is 4.79 Å². The molecule has 0 aromatic heterocycles. The van der Waals surface area contributed by atoms with Crippen molar-refractivity contribution in [3.63, 3.8) is 0 Å². The first-order valence-electron chi connectivity index (χ1n) is 7.51. The van der Waals surface area contributed by atoms with Crippen LogP contribution in [0.1, 0.15) is 21.5 Å². The molecule has 0 atom stereocenters. The summed E-state index contributed by atoms with van der Waals surface area (Å²) in [6, 6.07) is 11.1. The lowest BCUT2D eigenvalue weighted by atomic mass is 10.1. The Bertz CT molecular complexity index is 727. The summed E-state index contributed by atoms with van der Waals surface area (Å²) in [7, 11) is 0. The van der Waals surface area contributed by atoms with Crippen LogP contribution in [0.15, 0.2) is 36.4 Å². The summed E-state index contributed by atoms with van der Waals surface area (Å²) in [5.41, 5.74) is 2.94. The molecule has 0 radical (unpaired) electrons. The Morgan fingerprint density at radius 2 is 1.91 bits per heavy atom. The number of fused-ring (bicyclic) bond motifs is 1. The van der Waals surface area contributed by atoms with Crippen LogP contribution in [-0.2, 0) is 0 Å². The van der Waals surface area contributed by atoms with Crippen molar-refractivity contribution in [2.24, 2.45) is 0 Å². The number of hydrogen-bond acceptors (Lipinski definition) is 4. The summed E-state index contributed by atoms with van der Waals surface area (Å²) >= 11 is 0. The second-order valence-electron chi connectivity index (χ2n) is 5.42. The molecule has 0 fully saturated rings. The molecule has 5 heteroatoms. The summed E-state index contributed by atoms with van der Waals surface area (Å²) in [6.07, 6.45) is 0. The Hall–Kier alpha value is -2.69. The zero-order valence-corrected chi connectivity index (χ0v) is 13.2. The predicted molar refractivity (Wildman–Crippen MR) is 86.3 cm³/mol. The lowest BCUT2D eigenvalue weighted by Crippen LogP contribution is -2.28. The van der Waals surface area contributed by atoms with Crippen molar-refractivity contribution in [1.29, 1.82) is 0 Å². The van der Waals surface area contributed by atoms with Gasteiger partial charge >= 0.3 is 0 Å². The minimum atomic E-state index is -0.0950. The molecule has 1 amide bonds. The Morgan fingerprint density at radius 1 is 1.09 bits per heavy atom. The number of carbonyl (C=O) groups excluding carboxylic acids is 1. The van der Waals surface area contributed by atoms with Crippen molar-refractivity contribution in [3.05, 3.63) is 53.1 Å². The van der Waals surface area contributed by atoms with Gasteiger partial charge in [-0.25, -0.2) is 0 Å². The molecule has 5 nitrogen and oxygen atoms in total. The molecule has 0 aliphatic carbocycles. The molecule has 1 heterocycles. The number of benzene rings is 2. The monoisotopic (exact) mass is 313 g/mol. The standard InChI is InChI=1S/C18H19NO4/c1-12-3-4-14(9-13(12)2)18(20)19-7-8-21-15-5-6-16-17(10-15)23-11-22-16/h3-6,9-10H,7-8,11H2,1-2H3,(H,19,20). The summed E-state index contributed by atoms with van der Waals surface area (Å²) in [5, 5.41) is 2.85. The molecule has 0 bridgehead atoms. The van der Waals surface area contributed by atoms with E-state index in [0.717, 1.165) is 11.3 Å². The van der Waals surface area contributed by atoms with Gasteiger partial charge in [-0.05, 0) is 49.2 Å². The van der Waals surface area contributed by atoms with E-state index in [-0.39, 0.29) is 12.7 Å². The minimum Gasteiger partial charge on any atom is -0.492 e. The molecule has 1 N–H and O–H groups in total. The van der Waals surface area contributed by atoms with Crippen LogP contribution in [0, 0.1) is 13.8 Å². The summed E-state index contributed by atoms with van der Waals surface area (Å²) in [6.45, 7) is 5.08. The zero-order valence-electron chi connectivity index (χ0n) is 13.2. The van der Waals surface area contributed by atoms with Crippen molar-refractivity contribution >= 4 is 5.91 Å². The second kappa shape index (κ2) is 6.60. The van der Waals surface area contributed by atoms with Crippen molar-refractivity contribution in [1.82, 2.24) is 5.32 Å². The highest BCUT2D eigenvalue weighted by molar-refractivity contribution is 5.94. The molecule has 1 aliphatic rings. The van der Waals surface area contributed by atoms with Crippen LogP contribution in [-0.4, -0.2) is 25.9 Å². The van der Waals surface area contributed by atoms with E-state index < -0.39 is 0 Å². The molecule has 2 aromatic rings. The first kappa shape index (κ1) is 15.2. The number of carbonyl (C=O) groups is 1. The van der Waals surface area contributed by atoms with Gasteiger partial charge < -0.3 is 19.5 Å². The van der Waals surface area contributed by atoms with E-state index in [9.17, 15) is 4.79 Å². The van der Waals surface area contributed by atoms with Gasteiger partial charge in [0.1, 0.15) is 12.4 Å². The van der Waals surface area contributed by atoms with Crippen LogP contribution in [0.5, 0.6) is 17.2 Å².